The number of nitrogens with zero attached hydrogens (tertiary/aromatic N) is 2. The number of piperidine rings is 1. The molecule has 0 spiro atoms. The first-order valence-electron chi connectivity index (χ1n) is 7.42. The summed E-state index contributed by atoms with van der Waals surface area (Å²) >= 11 is 0. The highest BCUT2D eigenvalue weighted by atomic mass is 15.1. The molecule has 1 fully saturated rings. The molecule has 100 valence electrons. The number of benzene rings is 1. The normalized spacial score (nSPS) is 30.6. The average Bonchev–Trinajstić information content (AvgIpc) is 2.70. The molecule has 0 saturated carbocycles. The Bertz CT molecular complexity index is 640. The molecule has 2 aromatic rings. The molecule has 0 amide bonds. The van der Waals surface area contributed by atoms with Crippen LogP contribution in [-0.4, -0.2) is 29.1 Å². The molecule has 0 unspecified atom stereocenters. The number of likely N-dealkylation sites (N-methyl/N-ethyl adjacent to an activating group) is 1. The van der Waals surface area contributed by atoms with Crippen LogP contribution in [0, 0.1) is 5.92 Å². The predicted octanol–water partition coefficient (Wildman–Crippen LogP) is 3.16. The van der Waals surface area contributed by atoms with E-state index in [1.54, 1.807) is 16.5 Å². The standard InChI is InChI=1S/C17H22N2/c1-11-7-14-13-5-4-6-15-17(13)12(10-19(15)3)8-16(14)18(2)9-11/h4-6,10-11,14,16H,7-9H2,1-3H3/t11-,14-,16+/m1/s1. The minimum Gasteiger partial charge on any atom is -0.350 e. The Hall–Kier alpha value is -1.28. The lowest BCUT2D eigenvalue weighted by Crippen LogP contribution is -2.47. The van der Waals surface area contributed by atoms with E-state index < -0.39 is 0 Å². The molecule has 19 heavy (non-hydrogen) atoms. The van der Waals surface area contributed by atoms with Gasteiger partial charge in [-0.2, -0.15) is 0 Å². The highest BCUT2D eigenvalue weighted by Crippen LogP contribution is 2.44. The van der Waals surface area contributed by atoms with Crippen LogP contribution in [0.25, 0.3) is 10.9 Å². The van der Waals surface area contributed by atoms with Gasteiger partial charge in [-0.15, -0.1) is 0 Å². The molecular formula is C17H22N2. The highest BCUT2D eigenvalue weighted by molar-refractivity contribution is 5.89. The molecule has 2 heteroatoms. The first-order chi connectivity index (χ1) is 9.15. The van der Waals surface area contributed by atoms with Gasteiger partial charge in [-0.1, -0.05) is 19.1 Å². The van der Waals surface area contributed by atoms with Crippen LogP contribution in [0.3, 0.4) is 0 Å². The lowest BCUT2D eigenvalue weighted by molar-refractivity contribution is 0.119. The van der Waals surface area contributed by atoms with Gasteiger partial charge in [0.15, 0.2) is 0 Å². The van der Waals surface area contributed by atoms with Gasteiger partial charge in [0.05, 0.1) is 0 Å². The van der Waals surface area contributed by atoms with Gasteiger partial charge >= 0.3 is 0 Å². The minimum absolute atomic E-state index is 0.705. The smallest absolute Gasteiger partial charge is 0.0483 e. The summed E-state index contributed by atoms with van der Waals surface area (Å²) in [4.78, 5) is 2.59. The summed E-state index contributed by atoms with van der Waals surface area (Å²) in [6.07, 6.45) is 4.92. The van der Waals surface area contributed by atoms with Gasteiger partial charge in [0.2, 0.25) is 0 Å². The summed E-state index contributed by atoms with van der Waals surface area (Å²) < 4.78 is 2.30. The monoisotopic (exact) mass is 254 g/mol. The fourth-order valence-electron chi connectivity index (χ4n) is 4.49. The van der Waals surface area contributed by atoms with Gasteiger partial charge in [0.25, 0.3) is 0 Å². The number of aryl methyl sites for hydroxylation is 1. The van der Waals surface area contributed by atoms with E-state index >= 15 is 0 Å². The van der Waals surface area contributed by atoms with Crippen LogP contribution in [0.1, 0.15) is 30.4 Å². The van der Waals surface area contributed by atoms with Crippen molar-refractivity contribution in [2.45, 2.75) is 31.7 Å². The van der Waals surface area contributed by atoms with E-state index in [9.17, 15) is 0 Å². The van der Waals surface area contributed by atoms with E-state index in [4.69, 9.17) is 0 Å². The summed E-state index contributed by atoms with van der Waals surface area (Å²) in [5.74, 6) is 1.54. The summed E-state index contributed by atoms with van der Waals surface area (Å²) in [7, 11) is 4.48. The second-order valence-electron chi connectivity index (χ2n) is 6.67. The van der Waals surface area contributed by atoms with Crippen molar-refractivity contribution in [3.8, 4) is 0 Å². The lowest BCUT2D eigenvalue weighted by atomic mass is 9.73. The van der Waals surface area contributed by atoms with Crippen molar-refractivity contribution in [1.29, 1.82) is 0 Å². The zero-order chi connectivity index (χ0) is 13.1. The van der Waals surface area contributed by atoms with E-state index in [2.05, 4.69) is 54.9 Å². The van der Waals surface area contributed by atoms with Crippen molar-refractivity contribution < 1.29 is 0 Å². The maximum atomic E-state index is 2.59. The Morgan fingerprint density at radius 2 is 2.05 bits per heavy atom. The minimum atomic E-state index is 0.705. The predicted molar refractivity (Wildman–Crippen MR) is 79.6 cm³/mol. The van der Waals surface area contributed by atoms with Gasteiger partial charge in [0, 0.05) is 42.7 Å². The summed E-state index contributed by atoms with van der Waals surface area (Å²) in [6, 6.07) is 7.58. The molecule has 0 N–H and O–H groups in total. The Labute approximate surface area is 115 Å². The van der Waals surface area contributed by atoms with E-state index in [1.165, 1.54) is 24.9 Å². The quantitative estimate of drug-likeness (QED) is 0.701. The molecule has 4 rings (SSSR count). The highest BCUT2D eigenvalue weighted by Gasteiger charge is 2.38. The van der Waals surface area contributed by atoms with Gasteiger partial charge in [-0.25, -0.2) is 0 Å². The zero-order valence-corrected chi connectivity index (χ0v) is 12.1. The Kier molecular flexibility index (Phi) is 2.34. The average molecular weight is 254 g/mol. The van der Waals surface area contributed by atoms with Gasteiger partial charge in [-0.3, -0.25) is 0 Å². The molecule has 1 aliphatic heterocycles. The number of hydrogen-bond acceptors (Lipinski definition) is 1. The molecule has 2 heterocycles. The van der Waals surface area contributed by atoms with Crippen LogP contribution in [0.5, 0.6) is 0 Å². The van der Waals surface area contributed by atoms with Gasteiger partial charge in [0.1, 0.15) is 0 Å². The van der Waals surface area contributed by atoms with Gasteiger partial charge < -0.3 is 9.47 Å². The number of aromatic nitrogens is 1. The number of hydrogen-bond donors (Lipinski definition) is 0. The van der Waals surface area contributed by atoms with E-state index in [0.29, 0.717) is 6.04 Å². The fourth-order valence-corrected chi connectivity index (χ4v) is 4.49. The zero-order valence-electron chi connectivity index (χ0n) is 12.1. The maximum absolute atomic E-state index is 2.59. The third kappa shape index (κ3) is 1.53. The van der Waals surface area contributed by atoms with Crippen LogP contribution in [0.15, 0.2) is 24.4 Å². The van der Waals surface area contributed by atoms with Crippen molar-refractivity contribution in [3.05, 3.63) is 35.5 Å². The van der Waals surface area contributed by atoms with E-state index in [0.717, 1.165) is 11.8 Å². The van der Waals surface area contributed by atoms with Crippen molar-refractivity contribution in [3.63, 3.8) is 0 Å². The van der Waals surface area contributed by atoms with Crippen molar-refractivity contribution >= 4 is 10.9 Å². The molecule has 1 saturated heterocycles. The third-order valence-electron chi connectivity index (χ3n) is 5.24. The van der Waals surface area contributed by atoms with Crippen LogP contribution in [0.2, 0.25) is 0 Å². The molecular weight excluding hydrogens is 232 g/mol. The number of rotatable bonds is 0. The van der Waals surface area contributed by atoms with Crippen molar-refractivity contribution in [1.82, 2.24) is 9.47 Å². The van der Waals surface area contributed by atoms with E-state index in [-0.39, 0.29) is 0 Å². The molecule has 1 aromatic carbocycles. The van der Waals surface area contributed by atoms with Crippen molar-refractivity contribution in [2.75, 3.05) is 13.6 Å². The van der Waals surface area contributed by atoms with Crippen LogP contribution in [-0.2, 0) is 13.5 Å². The first kappa shape index (κ1) is 11.5. The van der Waals surface area contributed by atoms with Crippen LogP contribution >= 0.6 is 0 Å². The molecule has 1 aromatic heterocycles. The van der Waals surface area contributed by atoms with E-state index in [1.807, 2.05) is 0 Å². The number of fused-ring (bicyclic) bond motifs is 2. The fraction of sp³-hybridized carbons (Fsp3) is 0.529. The molecule has 2 nitrogen and oxygen atoms in total. The molecule has 0 bridgehead atoms. The SMILES string of the molecule is C[C@@H]1C[C@@H]2c3cccc4c3c(cn4C)C[C@@H]2N(C)C1. The molecule has 1 aliphatic carbocycles. The summed E-state index contributed by atoms with van der Waals surface area (Å²) in [6.45, 7) is 3.65. The largest absolute Gasteiger partial charge is 0.350 e. The third-order valence-corrected chi connectivity index (χ3v) is 5.24. The summed E-state index contributed by atoms with van der Waals surface area (Å²) in [5, 5.41) is 1.55. The second-order valence-corrected chi connectivity index (χ2v) is 6.67. The van der Waals surface area contributed by atoms with Crippen LogP contribution in [0.4, 0.5) is 0 Å². The maximum Gasteiger partial charge on any atom is 0.0483 e. The molecule has 3 atom stereocenters. The Morgan fingerprint density at radius 1 is 1.21 bits per heavy atom. The van der Waals surface area contributed by atoms with Crippen molar-refractivity contribution in [2.24, 2.45) is 13.0 Å². The topological polar surface area (TPSA) is 8.17 Å². The Balaban J connectivity index is 1.94. The molecule has 2 aliphatic rings. The lowest BCUT2D eigenvalue weighted by Gasteiger charge is -2.44. The summed E-state index contributed by atoms with van der Waals surface area (Å²) in [5.41, 5.74) is 4.56. The van der Waals surface area contributed by atoms with Crippen LogP contribution < -0.4 is 0 Å². The first-order valence-corrected chi connectivity index (χ1v) is 7.42. The number of likely N-dealkylation sites (tertiary alicyclic amines) is 1. The van der Waals surface area contributed by atoms with Gasteiger partial charge in [-0.05, 0) is 43.0 Å². The molecule has 0 radical (unpaired) electrons. The Morgan fingerprint density at radius 3 is 2.89 bits per heavy atom. The second kappa shape index (κ2) is 3.86.